The van der Waals surface area contributed by atoms with Crippen LogP contribution in [0.4, 0.5) is 0 Å². The van der Waals surface area contributed by atoms with Gasteiger partial charge in [0.1, 0.15) is 0 Å². The second-order valence-corrected chi connectivity index (χ2v) is 6.50. The maximum Gasteiger partial charge on any atom is 0.237 e. The molecule has 136 valence electrons. The van der Waals surface area contributed by atoms with Crippen molar-refractivity contribution in [3.63, 3.8) is 0 Å². The second-order valence-electron chi connectivity index (χ2n) is 6.50. The van der Waals surface area contributed by atoms with Crippen molar-refractivity contribution in [3.05, 3.63) is 36.0 Å². The lowest BCUT2D eigenvalue weighted by molar-refractivity contribution is -0.123. The number of nitrogens with zero attached hydrogens (tertiary/aromatic N) is 1. The number of morpholine rings is 1. The van der Waals surface area contributed by atoms with Gasteiger partial charge in [0.25, 0.3) is 0 Å². The Morgan fingerprint density at radius 3 is 2.92 bits per heavy atom. The van der Waals surface area contributed by atoms with Crippen molar-refractivity contribution in [2.45, 2.75) is 18.9 Å². The number of aromatic amines is 1. The molecule has 2 heterocycles. The summed E-state index contributed by atoms with van der Waals surface area (Å²) < 4.78 is 5.35. The van der Waals surface area contributed by atoms with Gasteiger partial charge in [-0.25, -0.2) is 0 Å². The third kappa shape index (κ3) is 4.81. The normalized spacial score (nSPS) is 16.8. The number of aromatic nitrogens is 1. The molecule has 0 aliphatic carbocycles. The third-order valence-electron chi connectivity index (χ3n) is 4.82. The monoisotopic (exact) mass is 344 g/mol. The SMILES string of the molecule is CN[C@@H](Cc1c[nH]c2ccccc12)C(=O)NCCCN1CCOCC1. The topological polar surface area (TPSA) is 69.4 Å². The molecule has 1 aromatic heterocycles. The summed E-state index contributed by atoms with van der Waals surface area (Å²) in [5.74, 6) is 0.0646. The van der Waals surface area contributed by atoms with E-state index in [9.17, 15) is 4.79 Å². The van der Waals surface area contributed by atoms with E-state index in [1.165, 1.54) is 10.9 Å². The van der Waals surface area contributed by atoms with E-state index < -0.39 is 0 Å². The molecule has 2 aromatic rings. The molecule has 25 heavy (non-hydrogen) atoms. The molecule has 3 rings (SSSR count). The number of carbonyl (C=O) groups excluding carboxylic acids is 1. The maximum atomic E-state index is 12.5. The number of rotatable bonds is 8. The van der Waals surface area contributed by atoms with Crippen LogP contribution < -0.4 is 10.6 Å². The van der Waals surface area contributed by atoms with Gasteiger partial charge in [-0.3, -0.25) is 9.69 Å². The Morgan fingerprint density at radius 1 is 1.32 bits per heavy atom. The molecule has 1 aromatic carbocycles. The fourth-order valence-electron chi connectivity index (χ4n) is 3.31. The maximum absolute atomic E-state index is 12.5. The standard InChI is InChI=1S/C19H28N4O2/c1-20-18(13-15-14-22-17-6-3-2-5-16(15)17)19(24)21-7-4-8-23-9-11-25-12-10-23/h2-3,5-6,14,18,20,22H,4,7-13H2,1H3,(H,21,24)/t18-/m0/s1. The van der Waals surface area contributed by atoms with E-state index in [1.807, 2.05) is 25.4 Å². The summed E-state index contributed by atoms with van der Waals surface area (Å²) in [5, 5.41) is 7.39. The molecule has 6 nitrogen and oxygen atoms in total. The smallest absolute Gasteiger partial charge is 0.237 e. The number of fused-ring (bicyclic) bond motifs is 1. The van der Waals surface area contributed by atoms with Gasteiger partial charge in [-0.2, -0.15) is 0 Å². The second kappa shape index (κ2) is 8.99. The highest BCUT2D eigenvalue weighted by molar-refractivity contribution is 5.86. The number of benzene rings is 1. The van der Waals surface area contributed by atoms with Crippen LogP contribution in [0.25, 0.3) is 10.9 Å². The average Bonchev–Trinajstić information content (AvgIpc) is 3.07. The number of hydrogen-bond donors (Lipinski definition) is 3. The minimum Gasteiger partial charge on any atom is -0.379 e. The number of H-pyrrole nitrogens is 1. The van der Waals surface area contributed by atoms with Gasteiger partial charge in [-0.1, -0.05) is 18.2 Å². The largest absolute Gasteiger partial charge is 0.379 e. The third-order valence-corrected chi connectivity index (χ3v) is 4.82. The van der Waals surface area contributed by atoms with Crippen LogP contribution in [-0.2, 0) is 16.0 Å². The Labute approximate surface area is 148 Å². The van der Waals surface area contributed by atoms with Gasteiger partial charge in [0.2, 0.25) is 5.91 Å². The molecule has 0 unspecified atom stereocenters. The zero-order valence-corrected chi connectivity index (χ0v) is 14.9. The first kappa shape index (κ1) is 17.9. The Kier molecular flexibility index (Phi) is 6.44. The van der Waals surface area contributed by atoms with E-state index in [0.29, 0.717) is 13.0 Å². The predicted molar refractivity (Wildman–Crippen MR) is 99.7 cm³/mol. The van der Waals surface area contributed by atoms with Crippen molar-refractivity contribution in [2.24, 2.45) is 0 Å². The molecule has 6 heteroatoms. The van der Waals surface area contributed by atoms with Crippen LogP contribution in [0.3, 0.4) is 0 Å². The van der Waals surface area contributed by atoms with E-state index in [2.05, 4.69) is 32.7 Å². The van der Waals surface area contributed by atoms with E-state index in [0.717, 1.165) is 44.8 Å². The molecule has 0 spiro atoms. The van der Waals surface area contributed by atoms with Crippen LogP contribution in [0.1, 0.15) is 12.0 Å². The molecule has 1 aliphatic heterocycles. The predicted octanol–water partition coefficient (Wildman–Crippen LogP) is 1.14. The first-order chi connectivity index (χ1) is 12.3. The molecular weight excluding hydrogens is 316 g/mol. The highest BCUT2D eigenvalue weighted by atomic mass is 16.5. The van der Waals surface area contributed by atoms with Crippen molar-refractivity contribution in [2.75, 3.05) is 46.4 Å². The molecule has 0 radical (unpaired) electrons. The Hall–Kier alpha value is -1.89. The Morgan fingerprint density at radius 2 is 2.12 bits per heavy atom. The van der Waals surface area contributed by atoms with Crippen LogP contribution >= 0.6 is 0 Å². The molecule has 3 N–H and O–H groups in total. The summed E-state index contributed by atoms with van der Waals surface area (Å²) in [5.41, 5.74) is 2.27. The summed E-state index contributed by atoms with van der Waals surface area (Å²) in [6.45, 7) is 5.34. The van der Waals surface area contributed by atoms with E-state index in [4.69, 9.17) is 4.74 Å². The van der Waals surface area contributed by atoms with E-state index in [1.54, 1.807) is 0 Å². The van der Waals surface area contributed by atoms with Gasteiger partial charge in [0.05, 0.1) is 19.3 Å². The Bertz CT molecular complexity index is 679. The summed E-state index contributed by atoms with van der Waals surface area (Å²) in [7, 11) is 1.84. The number of amides is 1. The molecular formula is C19H28N4O2. The zero-order valence-electron chi connectivity index (χ0n) is 14.9. The first-order valence-corrected chi connectivity index (χ1v) is 9.08. The number of carbonyl (C=O) groups is 1. The average molecular weight is 344 g/mol. The van der Waals surface area contributed by atoms with Crippen LogP contribution in [0.5, 0.6) is 0 Å². The van der Waals surface area contributed by atoms with E-state index >= 15 is 0 Å². The number of para-hydroxylation sites is 1. The van der Waals surface area contributed by atoms with Gasteiger partial charge in [-0.15, -0.1) is 0 Å². The lowest BCUT2D eigenvalue weighted by Gasteiger charge is -2.26. The summed E-state index contributed by atoms with van der Waals surface area (Å²) in [6, 6.07) is 7.97. The van der Waals surface area contributed by atoms with Crippen molar-refractivity contribution in [1.82, 2.24) is 20.5 Å². The first-order valence-electron chi connectivity index (χ1n) is 9.08. The summed E-state index contributed by atoms with van der Waals surface area (Å²) in [4.78, 5) is 18.1. The minimum atomic E-state index is -0.220. The van der Waals surface area contributed by atoms with E-state index in [-0.39, 0.29) is 11.9 Å². The highest BCUT2D eigenvalue weighted by Gasteiger charge is 2.18. The summed E-state index contributed by atoms with van der Waals surface area (Å²) >= 11 is 0. The van der Waals surface area contributed by atoms with Crippen molar-refractivity contribution in [1.29, 1.82) is 0 Å². The van der Waals surface area contributed by atoms with Crippen LogP contribution in [0.15, 0.2) is 30.5 Å². The fraction of sp³-hybridized carbons (Fsp3) is 0.526. The van der Waals surface area contributed by atoms with Gasteiger partial charge in [0.15, 0.2) is 0 Å². The fourth-order valence-corrected chi connectivity index (χ4v) is 3.31. The molecule has 1 atom stereocenters. The summed E-state index contributed by atoms with van der Waals surface area (Å²) in [6.07, 6.45) is 3.64. The molecule has 0 saturated carbocycles. The van der Waals surface area contributed by atoms with Crippen molar-refractivity contribution >= 4 is 16.8 Å². The molecule has 1 aliphatic rings. The van der Waals surface area contributed by atoms with Crippen LogP contribution in [0, 0.1) is 0 Å². The van der Waals surface area contributed by atoms with Gasteiger partial charge < -0.3 is 20.4 Å². The van der Waals surface area contributed by atoms with Crippen molar-refractivity contribution < 1.29 is 9.53 Å². The number of hydrogen-bond acceptors (Lipinski definition) is 4. The zero-order chi connectivity index (χ0) is 17.5. The van der Waals surface area contributed by atoms with Crippen LogP contribution in [-0.4, -0.2) is 68.3 Å². The van der Waals surface area contributed by atoms with Gasteiger partial charge in [0, 0.05) is 36.7 Å². The van der Waals surface area contributed by atoms with Crippen LogP contribution in [0.2, 0.25) is 0 Å². The molecule has 1 fully saturated rings. The van der Waals surface area contributed by atoms with Crippen molar-refractivity contribution in [3.8, 4) is 0 Å². The Balaban J connectivity index is 1.46. The number of nitrogens with one attached hydrogen (secondary N) is 3. The molecule has 1 saturated heterocycles. The number of ether oxygens (including phenoxy) is 1. The lowest BCUT2D eigenvalue weighted by atomic mass is 10.0. The lowest BCUT2D eigenvalue weighted by Crippen LogP contribution is -2.45. The quantitative estimate of drug-likeness (QED) is 0.628. The molecule has 1 amide bonds. The molecule has 0 bridgehead atoms. The van der Waals surface area contributed by atoms with Gasteiger partial charge >= 0.3 is 0 Å². The van der Waals surface area contributed by atoms with Gasteiger partial charge in [-0.05, 0) is 38.1 Å². The number of likely N-dealkylation sites (N-methyl/N-ethyl adjacent to an activating group) is 1. The minimum absolute atomic E-state index is 0.0646. The highest BCUT2D eigenvalue weighted by Crippen LogP contribution is 2.19.